The van der Waals surface area contributed by atoms with Crippen LogP contribution in [0.1, 0.15) is 25.8 Å². The fourth-order valence-corrected chi connectivity index (χ4v) is 5.47. The number of alkyl carbamates (subject to hydrolysis) is 1. The number of carbonyl (C=O) groups is 1. The highest BCUT2D eigenvalue weighted by atomic mass is 32.2. The number of hydroxylamine groups is 1. The van der Waals surface area contributed by atoms with E-state index in [1.807, 2.05) is 30.3 Å². The van der Waals surface area contributed by atoms with E-state index in [0.717, 1.165) is 5.56 Å². The number of amides is 1. The van der Waals surface area contributed by atoms with Crippen molar-refractivity contribution >= 4 is 27.1 Å². The Balaban J connectivity index is 1.56. The molecular formula is C25H32N4O8S. The van der Waals surface area contributed by atoms with Crippen molar-refractivity contribution in [2.45, 2.75) is 55.9 Å². The fraction of sp³-hybridized carbons (Fsp3) is 0.440. The van der Waals surface area contributed by atoms with E-state index in [2.05, 4.69) is 15.3 Å². The second-order valence-electron chi connectivity index (χ2n) is 9.33. The molecule has 3 aromatic rings. The zero-order chi connectivity index (χ0) is 27.3. The minimum absolute atomic E-state index is 0.138. The van der Waals surface area contributed by atoms with Gasteiger partial charge in [-0.05, 0) is 44.0 Å². The smallest absolute Gasteiger partial charge is 0.407 e. The number of ether oxygens (including phenoxy) is 2. The van der Waals surface area contributed by atoms with Gasteiger partial charge < -0.3 is 29.9 Å². The van der Waals surface area contributed by atoms with Gasteiger partial charge in [-0.2, -0.15) is 0 Å². The van der Waals surface area contributed by atoms with Gasteiger partial charge in [0.25, 0.3) is 10.0 Å². The molecule has 1 aliphatic rings. The van der Waals surface area contributed by atoms with Crippen molar-refractivity contribution < 1.29 is 32.6 Å². The average molecular weight is 549 g/mol. The van der Waals surface area contributed by atoms with E-state index < -0.39 is 46.6 Å². The van der Waals surface area contributed by atoms with Crippen LogP contribution >= 0.6 is 0 Å². The average Bonchev–Trinajstić information content (AvgIpc) is 3.51. The summed E-state index contributed by atoms with van der Waals surface area (Å²) >= 11 is 0. The molecule has 38 heavy (non-hydrogen) atoms. The molecule has 0 spiro atoms. The number of aromatic nitrogens is 2. The topological polar surface area (TPSA) is 163 Å². The third kappa shape index (κ3) is 6.99. The quantitative estimate of drug-likeness (QED) is 0.263. The van der Waals surface area contributed by atoms with Gasteiger partial charge in [0.15, 0.2) is 0 Å². The first kappa shape index (κ1) is 27.8. The first-order valence-corrected chi connectivity index (χ1v) is 13.7. The number of benzene rings is 2. The predicted octanol–water partition coefficient (Wildman–Crippen LogP) is 1.67. The number of sulfonamides is 1. The normalized spacial score (nSPS) is 17.7. The second kappa shape index (κ2) is 12.1. The largest absolute Gasteiger partial charge is 0.444 e. The van der Waals surface area contributed by atoms with Crippen LogP contribution in [0.2, 0.25) is 0 Å². The Morgan fingerprint density at radius 1 is 1.18 bits per heavy atom. The number of aliphatic hydroxyl groups is 1. The molecule has 1 fully saturated rings. The molecule has 2 heterocycles. The Labute approximate surface area is 219 Å². The molecule has 4 rings (SSSR count). The van der Waals surface area contributed by atoms with Crippen molar-refractivity contribution in [3.05, 3.63) is 64.6 Å². The van der Waals surface area contributed by atoms with Crippen molar-refractivity contribution in [2.24, 2.45) is 0 Å². The summed E-state index contributed by atoms with van der Waals surface area (Å²) in [6, 6.07) is 12.4. The highest BCUT2D eigenvalue weighted by Crippen LogP contribution is 2.22. The molecule has 1 aliphatic heterocycles. The van der Waals surface area contributed by atoms with Crippen molar-refractivity contribution in [1.82, 2.24) is 19.8 Å². The number of H-pyrrole nitrogens is 2. The number of carbonyl (C=O) groups excluding carboxylic acids is 1. The molecule has 0 radical (unpaired) electrons. The molecule has 0 saturated carbocycles. The van der Waals surface area contributed by atoms with E-state index in [1.54, 1.807) is 13.8 Å². The summed E-state index contributed by atoms with van der Waals surface area (Å²) in [7, 11) is -4.27. The molecule has 13 heteroatoms. The zero-order valence-corrected chi connectivity index (χ0v) is 21.9. The highest BCUT2D eigenvalue weighted by molar-refractivity contribution is 7.89. The van der Waals surface area contributed by atoms with Gasteiger partial charge in [-0.25, -0.2) is 18.0 Å². The molecule has 206 valence electrons. The van der Waals surface area contributed by atoms with Gasteiger partial charge in [0.1, 0.15) is 6.10 Å². The SMILES string of the molecule is CC(C)ON(C[C@@H](O)[C@H](Cc1ccccc1)NC(=O)OC1CCOC1)S(=O)(=O)c1ccc2[nH]c(=O)[nH]c2c1. The lowest BCUT2D eigenvalue weighted by Gasteiger charge is -2.30. The van der Waals surface area contributed by atoms with E-state index in [4.69, 9.17) is 14.3 Å². The van der Waals surface area contributed by atoms with Crippen LogP contribution in [0.5, 0.6) is 0 Å². The predicted molar refractivity (Wildman–Crippen MR) is 138 cm³/mol. The standard InChI is InChI=1S/C25H32N4O8S/c1-16(2)37-29(38(33,34)19-8-9-20-21(13-19)27-24(31)26-20)14-23(30)22(12-17-6-4-3-5-7-17)28-25(32)36-18-10-11-35-15-18/h3-9,13,16,18,22-23,30H,10-12,14-15H2,1-2H3,(H,28,32)(H2,26,27,31)/t18?,22-,23+/m0/s1. The molecule has 1 saturated heterocycles. The number of rotatable bonds is 11. The first-order chi connectivity index (χ1) is 18.1. The Bertz CT molecular complexity index is 1380. The van der Waals surface area contributed by atoms with Crippen molar-refractivity contribution in [1.29, 1.82) is 0 Å². The Morgan fingerprint density at radius 2 is 1.92 bits per heavy atom. The first-order valence-electron chi connectivity index (χ1n) is 12.3. The summed E-state index contributed by atoms with van der Waals surface area (Å²) in [5.41, 5.74) is 1.11. The number of fused-ring (bicyclic) bond motifs is 1. The van der Waals surface area contributed by atoms with Crippen LogP contribution in [0.25, 0.3) is 11.0 Å². The van der Waals surface area contributed by atoms with E-state index in [0.29, 0.717) is 35.1 Å². The maximum atomic E-state index is 13.5. The summed E-state index contributed by atoms with van der Waals surface area (Å²) in [5.74, 6) is 0. The van der Waals surface area contributed by atoms with Gasteiger partial charge in [-0.15, -0.1) is 0 Å². The third-order valence-corrected chi connectivity index (χ3v) is 7.57. The molecule has 1 amide bonds. The zero-order valence-electron chi connectivity index (χ0n) is 21.1. The van der Waals surface area contributed by atoms with Crippen LogP contribution in [0, 0.1) is 0 Å². The Hall–Kier alpha value is -3.23. The molecule has 1 unspecified atom stereocenters. The maximum Gasteiger partial charge on any atom is 0.407 e. The van der Waals surface area contributed by atoms with Crippen LogP contribution in [-0.2, 0) is 30.8 Å². The Kier molecular flexibility index (Phi) is 8.84. The summed E-state index contributed by atoms with van der Waals surface area (Å²) in [6.07, 6.45) is -2.25. The third-order valence-electron chi connectivity index (χ3n) is 5.95. The second-order valence-corrected chi connectivity index (χ2v) is 11.2. The number of imidazole rings is 1. The minimum atomic E-state index is -4.27. The number of hydrogen-bond donors (Lipinski definition) is 4. The Morgan fingerprint density at radius 3 is 2.61 bits per heavy atom. The van der Waals surface area contributed by atoms with E-state index in [9.17, 15) is 23.1 Å². The number of hydrogen-bond acceptors (Lipinski definition) is 8. The van der Waals surface area contributed by atoms with Crippen molar-refractivity contribution in [3.63, 3.8) is 0 Å². The molecule has 12 nitrogen and oxygen atoms in total. The molecule has 4 N–H and O–H groups in total. The molecule has 1 aromatic heterocycles. The van der Waals surface area contributed by atoms with Crippen LogP contribution < -0.4 is 11.0 Å². The van der Waals surface area contributed by atoms with Crippen molar-refractivity contribution in [3.8, 4) is 0 Å². The van der Waals surface area contributed by atoms with Gasteiger partial charge in [-0.3, -0.25) is 4.84 Å². The summed E-state index contributed by atoms with van der Waals surface area (Å²) in [5, 5.41) is 13.9. The minimum Gasteiger partial charge on any atom is -0.444 e. The monoisotopic (exact) mass is 548 g/mol. The lowest BCUT2D eigenvalue weighted by atomic mass is 10.0. The van der Waals surface area contributed by atoms with Gasteiger partial charge in [0.05, 0.1) is 53.9 Å². The summed E-state index contributed by atoms with van der Waals surface area (Å²) in [4.78, 5) is 34.8. The van der Waals surface area contributed by atoms with E-state index in [-0.39, 0.29) is 17.4 Å². The fourth-order valence-electron chi connectivity index (χ4n) is 4.10. The van der Waals surface area contributed by atoms with Crippen LogP contribution in [-0.4, -0.2) is 78.2 Å². The van der Waals surface area contributed by atoms with Gasteiger partial charge in [-0.1, -0.05) is 34.8 Å². The molecule has 2 aromatic carbocycles. The van der Waals surface area contributed by atoms with Crippen LogP contribution in [0.15, 0.2) is 58.2 Å². The van der Waals surface area contributed by atoms with Crippen LogP contribution in [0.3, 0.4) is 0 Å². The summed E-state index contributed by atoms with van der Waals surface area (Å²) in [6.45, 7) is 3.62. The molecule has 0 aliphatic carbocycles. The van der Waals surface area contributed by atoms with E-state index >= 15 is 0 Å². The van der Waals surface area contributed by atoms with Gasteiger partial charge >= 0.3 is 11.8 Å². The number of nitrogens with zero attached hydrogens (tertiary/aromatic N) is 1. The number of nitrogens with one attached hydrogen (secondary N) is 3. The maximum absolute atomic E-state index is 13.5. The highest BCUT2D eigenvalue weighted by Gasteiger charge is 2.33. The van der Waals surface area contributed by atoms with E-state index in [1.165, 1.54) is 18.2 Å². The van der Waals surface area contributed by atoms with Gasteiger partial charge in [0.2, 0.25) is 0 Å². The van der Waals surface area contributed by atoms with Crippen molar-refractivity contribution in [2.75, 3.05) is 19.8 Å². The molecule has 3 atom stereocenters. The lowest BCUT2D eigenvalue weighted by molar-refractivity contribution is -0.136. The summed E-state index contributed by atoms with van der Waals surface area (Å²) < 4.78 is 38.4. The number of aliphatic hydroxyl groups excluding tert-OH is 1. The molecular weight excluding hydrogens is 516 g/mol. The molecule has 0 bridgehead atoms. The lowest BCUT2D eigenvalue weighted by Crippen LogP contribution is -2.51. The van der Waals surface area contributed by atoms with Gasteiger partial charge in [0, 0.05) is 6.42 Å². The van der Waals surface area contributed by atoms with Crippen LogP contribution in [0.4, 0.5) is 4.79 Å². The number of aromatic amines is 2.